The number of rotatable bonds is 5. The van der Waals surface area contributed by atoms with Crippen molar-refractivity contribution in [2.24, 2.45) is 4.99 Å². The number of pyridine rings is 1. The van der Waals surface area contributed by atoms with Crippen LogP contribution in [0.1, 0.15) is 13.8 Å². The van der Waals surface area contributed by atoms with Crippen molar-refractivity contribution >= 4 is 38.0 Å². The number of aromatic nitrogens is 3. The lowest BCUT2D eigenvalue weighted by molar-refractivity contribution is 1.17. The predicted octanol–water partition coefficient (Wildman–Crippen LogP) is 9.94. The lowest BCUT2D eigenvalue weighted by Gasteiger charge is -2.16. The van der Waals surface area contributed by atoms with Crippen LogP contribution in [0.3, 0.4) is 0 Å². The maximum atomic E-state index is 4.25. The Morgan fingerprint density at radius 2 is 1.21 bits per heavy atom. The van der Waals surface area contributed by atoms with Gasteiger partial charge in [0.1, 0.15) is 6.33 Å². The number of hydrogen-bond donors (Lipinski definition) is 0. The summed E-state index contributed by atoms with van der Waals surface area (Å²) in [5.74, 6) is 0. The first-order chi connectivity index (χ1) is 20.7. The van der Waals surface area contributed by atoms with E-state index in [2.05, 4.69) is 105 Å². The van der Waals surface area contributed by atoms with E-state index in [9.17, 15) is 0 Å². The molecular formula is C38H30N4. The average Bonchev–Trinajstić information content (AvgIpc) is 3.07. The van der Waals surface area contributed by atoms with Crippen molar-refractivity contribution in [1.29, 1.82) is 0 Å². The van der Waals surface area contributed by atoms with Crippen LogP contribution in [0.15, 0.2) is 146 Å². The van der Waals surface area contributed by atoms with Crippen molar-refractivity contribution in [3.05, 3.63) is 141 Å². The van der Waals surface area contributed by atoms with E-state index in [1.807, 2.05) is 44.6 Å². The van der Waals surface area contributed by atoms with Crippen LogP contribution in [0.25, 0.3) is 65.7 Å². The molecule has 0 aliphatic rings. The molecular weight excluding hydrogens is 512 g/mol. The second-order valence-electron chi connectivity index (χ2n) is 10.1. The molecule has 0 radical (unpaired) electrons. The van der Waals surface area contributed by atoms with Crippen LogP contribution in [0.5, 0.6) is 0 Å². The highest BCUT2D eigenvalue weighted by Gasteiger charge is 2.15. The number of aliphatic imine (C=N–C) groups is 1. The summed E-state index contributed by atoms with van der Waals surface area (Å²) >= 11 is 0. The second kappa shape index (κ2) is 11.9. The summed E-state index contributed by atoms with van der Waals surface area (Å²) in [6, 6.07) is 30.7. The molecule has 0 saturated heterocycles. The molecule has 42 heavy (non-hydrogen) atoms. The van der Waals surface area contributed by atoms with Gasteiger partial charge >= 0.3 is 0 Å². The maximum Gasteiger partial charge on any atom is 0.115 e. The van der Waals surface area contributed by atoms with E-state index in [-0.39, 0.29) is 0 Å². The highest BCUT2D eigenvalue weighted by molar-refractivity contribution is 6.27. The van der Waals surface area contributed by atoms with E-state index in [4.69, 9.17) is 0 Å². The lowest BCUT2D eigenvalue weighted by Crippen LogP contribution is -1.90. The molecule has 0 aliphatic heterocycles. The van der Waals surface area contributed by atoms with E-state index in [0.29, 0.717) is 0 Å². The molecule has 0 unspecified atom stereocenters. The van der Waals surface area contributed by atoms with Gasteiger partial charge in [-0.3, -0.25) is 9.98 Å². The number of nitrogens with zero attached hydrogens (tertiary/aromatic N) is 4. The Morgan fingerprint density at radius 3 is 1.79 bits per heavy atom. The first kappa shape index (κ1) is 26.7. The SMILES string of the molecule is C=CC(C)=N/C=C\C.c1cncc(-c2ccc(-c3ccc4ccc5c(-c6cncnc6)ccc6ccc3c4c65)cc2)c1. The van der Waals surface area contributed by atoms with Gasteiger partial charge in [-0.2, -0.15) is 0 Å². The zero-order valence-corrected chi connectivity index (χ0v) is 23.7. The molecule has 7 rings (SSSR count). The average molecular weight is 543 g/mol. The summed E-state index contributed by atoms with van der Waals surface area (Å²) in [4.78, 5) is 16.7. The molecule has 0 saturated carbocycles. The van der Waals surface area contributed by atoms with Gasteiger partial charge in [-0.05, 0) is 86.1 Å². The minimum absolute atomic E-state index is 0.947. The van der Waals surface area contributed by atoms with Crippen molar-refractivity contribution < 1.29 is 0 Å². The number of allylic oxidation sites excluding steroid dienone is 2. The van der Waals surface area contributed by atoms with Crippen LogP contribution in [0.4, 0.5) is 0 Å². The van der Waals surface area contributed by atoms with Gasteiger partial charge in [0.05, 0.1) is 0 Å². The van der Waals surface area contributed by atoms with E-state index in [1.165, 1.54) is 49.0 Å². The van der Waals surface area contributed by atoms with Gasteiger partial charge in [0.25, 0.3) is 0 Å². The Balaban J connectivity index is 0.000000350. The monoisotopic (exact) mass is 542 g/mol. The molecule has 4 heteroatoms. The quantitative estimate of drug-likeness (QED) is 0.161. The summed E-state index contributed by atoms with van der Waals surface area (Å²) in [7, 11) is 0. The summed E-state index contributed by atoms with van der Waals surface area (Å²) in [6.45, 7) is 7.39. The number of hydrogen-bond acceptors (Lipinski definition) is 4. The third-order valence-electron chi connectivity index (χ3n) is 7.45. The first-order valence-corrected chi connectivity index (χ1v) is 13.9. The Hall–Kier alpha value is -5.48. The largest absolute Gasteiger partial charge is 0.264 e. The van der Waals surface area contributed by atoms with Gasteiger partial charge in [0.2, 0.25) is 0 Å². The molecule has 202 valence electrons. The van der Waals surface area contributed by atoms with Crippen LogP contribution in [0.2, 0.25) is 0 Å². The fourth-order valence-electron chi connectivity index (χ4n) is 5.36. The fourth-order valence-corrected chi connectivity index (χ4v) is 5.36. The Labute approximate surface area is 245 Å². The molecule has 0 aliphatic carbocycles. The molecule has 5 aromatic carbocycles. The molecule has 0 spiro atoms. The van der Waals surface area contributed by atoms with E-state index in [0.717, 1.165) is 22.4 Å². The minimum Gasteiger partial charge on any atom is -0.264 e. The van der Waals surface area contributed by atoms with Gasteiger partial charge in [0, 0.05) is 42.3 Å². The molecule has 4 nitrogen and oxygen atoms in total. The molecule has 2 aromatic heterocycles. The lowest BCUT2D eigenvalue weighted by atomic mass is 9.87. The molecule has 0 N–H and O–H groups in total. The Bertz CT molecular complexity index is 2040. The zero-order chi connectivity index (χ0) is 28.9. The molecule has 0 fully saturated rings. The first-order valence-electron chi connectivity index (χ1n) is 13.9. The van der Waals surface area contributed by atoms with E-state index < -0.39 is 0 Å². The van der Waals surface area contributed by atoms with Crippen LogP contribution in [-0.2, 0) is 0 Å². The molecule has 0 amide bonds. The third kappa shape index (κ3) is 5.18. The van der Waals surface area contributed by atoms with Crippen LogP contribution < -0.4 is 0 Å². The third-order valence-corrected chi connectivity index (χ3v) is 7.45. The summed E-state index contributed by atoms with van der Waals surface area (Å²) in [6.07, 6.45) is 14.4. The Morgan fingerprint density at radius 1 is 0.643 bits per heavy atom. The fraction of sp³-hybridized carbons (Fsp3) is 0.0526. The van der Waals surface area contributed by atoms with Gasteiger partial charge in [-0.1, -0.05) is 91.5 Å². The highest BCUT2D eigenvalue weighted by atomic mass is 14.8. The normalized spacial score (nSPS) is 11.7. The van der Waals surface area contributed by atoms with Gasteiger partial charge in [0.15, 0.2) is 0 Å². The standard InChI is InChI=1S/C31H19N3.C7H11N/c1-2-24(16-32-15-1)20-3-5-21(6-4-20)26-11-7-22-10-14-29-27(25-17-33-19-34-18-25)12-8-23-9-13-28(26)30(22)31(23)29;1-4-6-8-7(3)5-2/h1-19H;4-6H,2H2,1,3H3/b;6-4-,8-7?. The molecule has 0 atom stereocenters. The smallest absolute Gasteiger partial charge is 0.115 e. The van der Waals surface area contributed by atoms with Crippen molar-refractivity contribution in [1.82, 2.24) is 15.0 Å². The number of benzene rings is 5. The molecule has 0 bridgehead atoms. The van der Waals surface area contributed by atoms with Crippen LogP contribution >= 0.6 is 0 Å². The molecule has 7 aromatic rings. The van der Waals surface area contributed by atoms with Crippen molar-refractivity contribution in [3.8, 4) is 33.4 Å². The van der Waals surface area contributed by atoms with E-state index in [1.54, 1.807) is 24.8 Å². The minimum atomic E-state index is 0.947. The Kier molecular flexibility index (Phi) is 7.60. The van der Waals surface area contributed by atoms with Crippen molar-refractivity contribution in [3.63, 3.8) is 0 Å². The maximum absolute atomic E-state index is 4.25. The van der Waals surface area contributed by atoms with E-state index >= 15 is 0 Å². The van der Waals surface area contributed by atoms with Gasteiger partial charge in [-0.15, -0.1) is 0 Å². The van der Waals surface area contributed by atoms with Gasteiger partial charge < -0.3 is 0 Å². The summed E-state index contributed by atoms with van der Waals surface area (Å²) < 4.78 is 0. The summed E-state index contributed by atoms with van der Waals surface area (Å²) in [5.41, 5.74) is 7.89. The highest BCUT2D eigenvalue weighted by Crippen LogP contribution is 2.42. The van der Waals surface area contributed by atoms with Gasteiger partial charge in [-0.25, -0.2) is 9.97 Å². The summed E-state index contributed by atoms with van der Waals surface area (Å²) in [5, 5.41) is 7.61. The van der Waals surface area contributed by atoms with Crippen LogP contribution in [-0.4, -0.2) is 20.7 Å². The van der Waals surface area contributed by atoms with Crippen molar-refractivity contribution in [2.45, 2.75) is 13.8 Å². The molecule has 2 heterocycles. The van der Waals surface area contributed by atoms with Crippen LogP contribution in [0, 0.1) is 0 Å². The predicted molar refractivity (Wildman–Crippen MR) is 178 cm³/mol. The zero-order valence-electron chi connectivity index (χ0n) is 23.7. The van der Waals surface area contributed by atoms with Crippen molar-refractivity contribution in [2.75, 3.05) is 0 Å². The second-order valence-corrected chi connectivity index (χ2v) is 10.1. The topological polar surface area (TPSA) is 51.0 Å².